The van der Waals surface area contributed by atoms with Gasteiger partial charge in [0.25, 0.3) is 0 Å². The van der Waals surface area contributed by atoms with E-state index in [2.05, 4.69) is 15.3 Å². The molecule has 1 heterocycles. The number of nitrogens with zero attached hydrogens (tertiary/aromatic N) is 2. The minimum atomic E-state index is -1.00. The van der Waals surface area contributed by atoms with Gasteiger partial charge in [0, 0.05) is 7.05 Å². The van der Waals surface area contributed by atoms with Crippen molar-refractivity contribution < 1.29 is 13.5 Å². The minimum absolute atomic E-state index is 0.0252. The number of benzene rings is 1. The van der Waals surface area contributed by atoms with Gasteiger partial charge in [0.1, 0.15) is 12.4 Å². The van der Waals surface area contributed by atoms with Gasteiger partial charge < -0.3 is 10.1 Å². The highest BCUT2D eigenvalue weighted by Gasteiger charge is 2.09. The van der Waals surface area contributed by atoms with Gasteiger partial charge in [-0.05, 0) is 12.1 Å². The van der Waals surface area contributed by atoms with Crippen LogP contribution in [0.25, 0.3) is 0 Å². The van der Waals surface area contributed by atoms with Crippen LogP contribution in [0.1, 0.15) is 5.69 Å². The van der Waals surface area contributed by atoms with E-state index < -0.39 is 11.6 Å². The fourth-order valence-electron chi connectivity index (χ4n) is 1.31. The molecule has 1 aromatic heterocycles. The third kappa shape index (κ3) is 2.71. The van der Waals surface area contributed by atoms with Crippen LogP contribution in [0.5, 0.6) is 5.75 Å². The molecule has 2 aromatic rings. The highest BCUT2D eigenvalue weighted by Crippen LogP contribution is 2.19. The summed E-state index contributed by atoms with van der Waals surface area (Å²) in [7, 11) is 1.72. The quantitative estimate of drug-likeness (QED) is 0.906. The Morgan fingerprint density at radius 1 is 1.22 bits per heavy atom. The molecule has 0 unspecified atom stereocenters. The van der Waals surface area contributed by atoms with Crippen molar-refractivity contribution in [1.82, 2.24) is 9.97 Å². The van der Waals surface area contributed by atoms with E-state index in [1.54, 1.807) is 7.05 Å². The predicted octanol–water partition coefficient (Wildman–Crippen LogP) is 2.38. The zero-order valence-corrected chi connectivity index (χ0v) is 9.65. The molecule has 0 saturated carbocycles. The van der Waals surface area contributed by atoms with E-state index in [0.29, 0.717) is 11.5 Å². The molecule has 0 atom stereocenters. The van der Waals surface area contributed by atoms with E-state index >= 15 is 0 Å². The molecule has 0 amide bonds. The lowest BCUT2D eigenvalue weighted by Crippen LogP contribution is -2.02. The first kappa shape index (κ1) is 12.2. The first-order valence-corrected chi connectivity index (χ1v) is 5.26. The molecule has 0 aliphatic heterocycles. The van der Waals surface area contributed by atoms with Gasteiger partial charge in [-0.1, -0.05) is 6.07 Å². The van der Waals surface area contributed by atoms with Gasteiger partial charge in [-0.2, -0.15) is 4.39 Å². The van der Waals surface area contributed by atoms with Crippen molar-refractivity contribution in [3.05, 3.63) is 47.9 Å². The largest absolute Gasteiger partial charge is 0.484 e. The minimum Gasteiger partial charge on any atom is -0.484 e. The van der Waals surface area contributed by atoms with Crippen LogP contribution in [0.15, 0.2) is 30.6 Å². The van der Waals surface area contributed by atoms with Crippen LogP contribution in [0, 0.1) is 11.6 Å². The van der Waals surface area contributed by atoms with Crippen molar-refractivity contribution in [3.8, 4) is 5.75 Å². The van der Waals surface area contributed by atoms with Crippen LogP contribution in [0.3, 0.4) is 0 Å². The summed E-state index contributed by atoms with van der Waals surface area (Å²) in [5, 5.41) is 2.82. The van der Waals surface area contributed by atoms with Gasteiger partial charge in [-0.25, -0.2) is 9.37 Å². The Kier molecular flexibility index (Phi) is 3.66. The zero-order valence-electron chi connectivity index (χ0n) is 9.65. The van der Waals surface area contributed by atoms with Gasteiger partial charge in [-0.15, -0.1) is 0 Å². The maximum atomic E-state index is 13.3. The fourth-order valence-corrected chi connectivity index (χ4v) is 1.31. The third-order valence-electron chi connectivity index (χ3n) is 2.25. The Bertz CT molecular complexity index is 531. The van der Waals surface area contributed by atoms with Gasteiger partial charge in [-0.3, -0.25) is 4.98 Å². The number of hydrogen-bond acceptors (Lipinski definition) is 4. The molecule has 0 aliphatic carbocycles. The van der Waals surface area contributed by atoms with Crippen molar-refractivity contribution in [1.29, 1.82) is 0 Å². The molecule has 0 spiro atoms. The van der Waals surface area contributed by atoms with Crippen LogP contribution in [0.4, 0.5) is 14.6 Å². The topological polar surface area (TPSA) is 47.0 Å². The summed E-state index contributed by atoms with van der Waals surface area (Å²) in [6.07, 6.45) is 3.03. The lowest BCUT2D eigenvalue weighted by Gasteiger charge is -2.07. The summed E-state index contributed by atoms with van der Waals surface area (Å²) >= 11 is 0. The molecule has 94 valence electrons. The molecule has 18 heavy (non-hydrogen) atoms. The van der Waals surface area contributed by atoms with Crippen molar-refractivity contribution >= 4 is 5.82 Å². The van der Waals surface area contributed by atoms with Crippen LogP contribution < -0.4 is 10.1 Å². The smallest absolute Gasteiger partial charge is 0.200 e. The van der Waals surface area contributed by atoms with Crippen molar-refractivity contribution in [3.63, 3.8) is 0 Å². The Morgan fingerprint density at radius 3 is 2.72 bits per heavy atom. The molecule has 4 nitrogen and oxygen atoms in total. The van der Waals surface area contributed by atoms with Crippen LogP contribution in [-0.4, -0.2) is 17.0 Å². The summed E-state index contributed by atoms with van der Waals surface area (Å²) in [5.74, 6) is -1.47. The Labute approximate surface area is 103 Å². The number of aromatic nitrogens is 2. The molecular weight excluding hydrogens is 240 g/mol. The van der Waals surface area contributed by atoms with Crippen LogP contribution >= 0.6 is 0 Å². The lowest BCUT2D eigenvalue weighted by molar-refractivity contribution is 0.280. The highest BCUT2D eigenvalue weighted by atomic mass is 19.2. The van der Waals surface area contributed by atoms with E-state index in [1.807, 2.05) is 0 Å². The second-order valence-corrected chi connectivity index (χ2v) is 3.48. The van der Waals surface area contributed by atoms with Gasteiger partial charge >= 0.3 is 0 Å². The molecule has 1 N–H and O–H groups in total. The second-order valence-electron chi connectivity index (χ2n) is 3.48. The molecule has 1 aromatic carbocycles. The number of halogens is 2. The van der Waals surface area contributed by atoms with Crippen LogP contribution in [-0.2, 0) is 6.61 Å². The van der Waals surface area contributed by atoms with Gasteiger partial charge in [0.15, 0.2) is 11.6 Å². The summed E-state index contributed by atoms with van der Waals surface area (Å²) in [4.78, 5) is 8.08. The maximum absolute atomic E-state index is 13.3. The third-order valence-corrected chi connectivity index (χ3v) is 2.25. The average Bonchev–Trinajstić information content (AvgIpc) is 2.41. The first-order chi connectivity index (χ1) is 8.70. The Morgan fingerprint density at radius 2 is 2.06 bits per heavy atom. The Balaban J connectivity index is 2.04. The van der Waals surface area contributed by atoms with E-state index in [0.717, 1.165) is 6.07 Å². The summed E-state index contributed by atoms with van der Waals surface area (Å²) in [6, 6.07) is 3.76. The monoisotopic (exact) mass is 251 g/mol. The number of nitrogens with one attached hydrogen (secondary N) is 1. The average molecular weight is 251 g/mol. The van der Waals surface area contributed by atoms with E-state index in [9.17, 15) is 8.78 Å². The molecule has 0 radical (unpaired) electrons. The van der Waals surface area contributed by atoms with Crippen molar-refractivity contribution in [2.24, 2.45) is 0 Å². The molecule has 0 bridgehead atoms. The van der Waals surface area contributed by atoms with Crippen LogP contribution in [0.2, 0.25) is 0 Å². The van der Waals surface area contributed by atoms with Crippen molar-refractivity contribution in [2.45, 2.75) is 6.61 Å². The molecular formula is C12H11F2N3O. The van der Waals surface area contributed by atoms with Gasteiger partial charge in [0.2, 0.25) is 5.82 Å². The van der Waals surface area contributed by atoms with E-state index in [-0.39, 0.29) is 12.4 Å². The fraction of sp³-hybridized carbons (Fsp3) is 0.167. The number of rotatable bonds is 4. The Hall–Kier alpha value is -2.24. The molecule has 0 fully saturated rings. The normalized spacial score (nSPS) is 10.2. The summed E-state index contributed by atoms with van der Waals surface area (Å²) in [6.45, 7) is 0.0252. The van der Waals surface area contributed by atoms with E-state index in [1.165, 1.54) is 24.5 Å². The highest BCUT2D eigenvalue weighted by molar-refractivity contribution is 5.29. The molecule has 6 heteroatoms. The van der Waals surface area contributed by atoms with E-state index in [4.69, 9.17) is 4.74 Å². The predicted molar refractivity (Wildman–Crippen MR) is 62.3 cm³/mol. The van der Waals surface area contributed by atoms with Crippen molar-refractivity contribution in [2.75, 3.05) is 12.4 Å². The molecule has 2 rings (SSSR count). The van der Waals surface area contributed by atoms with Gasteiger partial charge in [0.05, 0.1) is 18.1 Å². The second kappa shape index (κ2) is 5.39. The number of anilines is 1. The summed E-state index contributed by atoms with van der Waals surface area (Å²) in [5.41, 5.74) is 0.526. The zero-order chi connectivity index (χ0) is 13.0. The maximum Gasteiger partial charge on any atom is 0.200 e. The number of ether oxygens (including phenoxy) is 1. The first-order valence-electron chi connectivity index (χ1n) is 5.26. The molecule has 0 aliphatic rings. The number of hydrogen-bond donors (Lipinski definition) is 1. The lowest BCUT2D eigenvalue weighted by atomic mass is 10.3. The summed E-state index contributed by atoms with van der Waals surface area (Å²) < 4.78 is 31.3. The standard InChI is InChI=1S/C12H11F2N3O/c1-15-11-6-16-8(5-17-11)7-18-10-4-2-3-9(13)12(10)14/h2-6H,7H2,1H3,(H,15,17). The SMILES string of the molecule is CNc1cnc(COc2cccc(F)c2F)cn1. The molecule has 0 saturated heterocycles.